The lowest BCUT2D eigenvalue weighted by molar-refractivity contribution is -0.136. The monoisotopic (exact) mass is 304 g/mol. The number of hydrogen-bond acceptors (Lipinski definition) is 4. The SMILES string of the molecule is CC(C)C(=O)N1CCN(CCNC(=O)c2ccccn2)CC1. The number of carbonyl (C=O) groups is 2. The summed E-state index contributed by atoms with van der Waals surface area (Å²) in [6.07, 6.45) is 1.61. The smallest absolute Gasteiger partial charge is 0.269 e. The van der Waals surface area contributed by atoms with Crippen molar-refractivity contribution in [3.8, 4) is 0 Å². The molecule has 2 heterocycles. The van der Waals surface area contributed by atoms with Crippen molar-refractivity contribution in [2.45, 2.75) is 13.8 Å². The lowest BCUT2D eigenvalue weighted by Crippen LogP contribution is -2.51. The molecule has 0 saturated carbocycles. The second-order valence-electron chi connectivity index (χ2n) is 5.79. The Morgan fingerprint density at radius 3 is 2.55 bits per heavy atom. The first kappa shape index (κ1) is 16.4. The van der Waals surface area contributed by atoms with Crippen LogP contribution in [0.3, 0.4) is 0 Å². The van der Waals surface area contributed by atoms with Gasteiger partial charge < -0.3 is 10.2 Å². The minimum Gasteiger partial charge on any atom is -0.349 e. The normalized spacial score (nSPS) is 15.9. The zero-order chi connectivity index (χ0) is 15.9. The zero-order valence-corrected chi connectivity index (χ0v) is 13.3. The molecular formula is C16H24N4O2. The van der Waals surface area contributed by atoms with Gasteiger partial charge in [-0.2, -0.15) is 0 Å². The Kier molecular flexibility index (Phi) is 5.89. The quantitative estimate of drug-likeness (QED) is 0.866. The van der Waals surface area contributed by atoms with Gasteiger partial charge in [0.1, 0.15) is 5.69 Å². The Hall–Kier alpha value is -1.95. The number of carbonyl (C=O) groups excluding carboxylic acids is 2. The van der Waals surface area contributed by atoms with Gasteiger partial charge in [0.15, 0.2) is 0 Å². The standard InChI is InChI=1S/C16H24N4O2/c1-13(2)16(22)20-11-9-19(10-12-20)8-7-18-15(21)14-5-3-4-6-17-14/h3-6,13H,7-12H2,1-2H3,(H,18,21). The minimum absolute atomic E-state index is 0.0595. The number of rotatable bonds is 5. The highest BCUT2D eigenvalue weighted by molar-refractivity contribution is 5.92. The van der Waals surface area contributed by atoms with Crippen LogP contribution in [0.5, 0.6) is 0 Å². The molecular weight excluding hydrogens is 280 g/mol. The highest BCUT2D eigenvalue weighted by Crippen LogP contribution is 2.06. The van der Waals surface area contributed by atoms with Crippen LogP contribution in [0, 0.1) is 5.92 Å². The van der Waals surface area contributed by atoms with Crippen molar-refractivity contribution in [2.75, 3.05) is 39.3 Å². The summed E-state index contributed by atoms with van der Waals surface area (Å²) in [4.78, 5) is 32.0. The Balaban J connectivity index is 1.67. The highest BCUT2D eigenvalue weighted by Gasteiger charge is 2.22. The number of nitrogens with zero attached hydrogens (tertiary/aromatic N) is 3. The molecule has 6 nitrogen and oxygen atoms in total. The predicted octanol–water partition coefficient (Wildman–Crippen LogP) is 0.612. The fourth-order valence-corrected chi connectivity index (χ4v) is 2.47. The van der Waals surface area contributed by atoms with Crippen molar-refractivity contribution in [3.63, 3.8) is 0 Å². The molecule has 1 N–H and O–H groups in total. The summed E-state index contributed by atoms with van der Waals surface area (Å²) in [5.41, 5.74) is 0.440. The average molecular weight is 304 g/mol. The van der Waals surface area contributed by atoms with Crippen LogP contribution in [-0.2, 0) is 4.79 Å². The molecule has 1 aliphatic heterocycles. The van der Waals surface area contributed by atoms with Crippen molar-refractivity contribution in [1.29, 1.82) is 0 Å². The number of pyridine rings is 1. The van der Waals surface area contributed by atoms with Gasteiger partial charge in [-0.3, -0.25) is 19.5 Å². The maximum Gasteiger partial charge on any atom is 0.269 e. The molecule has 0 aliphatic carbocycles. The van der Waals surface area contributed by atoms with E-state index < -0.39 is 0 Å². The van der Waals surface area contributed by atoms with Crippen molar-refractivity contribution >= 4 is 11.8 Å². The van der Waals surface area contributed by atoms with Crippen molar-refractivity contribution < 1.29 is 9.59 Å². The molecule has 6 heteroatoms. The van der Waals surface area contributed by atoms with Crippen molar-refractivity contribution in [1.82, 2.24) is 20.1 Å². The van der Waals surface area contributed by atoms with E-state index in [9.17, 15) is 9.59 Å². The first-order chi connectivity index (χ1) is 10.6. The van der Waals surface area contributed by atoms with Crippen LogP contribution in [0.25, 0.3) is 0 Å². The van der Waals surface area contributed by atoms with Crippen LogP contribution in [0.15, 0.2) is 24.4 Å². The maximum atomic E-state index is 11.9. The van der Waals surface area contributed by atoms with Crippen LogP contribution >= 0.6 is 0 Å². The summed E-state index contributed by atoms with van der Waals surface area (Å²) < 4.78 is 0. The number of hydrogen-bond donors (Lipinski definition) is 1. The van der Waals surface area contributed by atoms with E-state index in [4.69, 9.17) is 0 Å². The summed E-state index contributed by atoms with van der Waals surface area (Å²) in [6.45, 7) is 8.51. The first-order valence-corrected chi connectivity index (χ1v) is 7.78. The molecule has 1 aromatic rings. The van der Waals surface area contributed by atoms with E-state index >= 15 is 0 Å². The summed E-state index contributed by atoms with van der Waals surface area (Å²) in [6, 6.07) is 5.28. The molecule has 22 heavy (non-hydrogen) atoms. The fraction of sp³-hybridized carbons (Fsp3) is 0.562. The van der Waals surface area contributed by atoms with Crippen molar-refractivity contribution in [2.24, 2.45) is 5.92 Å². The fourth-order valence-electron chi connectivity index (χ4n) is 2.47. The molecule has 2 amide bonds. The molecule has 1 aliphatic rings. The third kappa shape index (κ3) is 4.53. The van der Waals surface area contributed by atoms with E-state index in [1.54, 1.807) is 24.4 Å². The lowest BCUT2D eigenvalue weighted by atomic mass is 10.1. The molecule has 0 bridgehead atoms. The second kappa shape index (κ2) is 7.89. The second-order valence-corrected chi connectivity index (χ2v) is 5.79. The largest absolute Gasteiger partial charge is 0.349 e. The molecule has 120 valence electrons. The van der Waals surface area contributed by atoms with Crippen LogP contribution in [0.1, 0.15) is 24.3 Å². The topological polar surface area (TPSA) is 65.5 Å². The summed E-state index contributed by atoms with van der Waals surface area (Å²) in [5.74, 6) is 0.140. The Morgan fingerprint density at radius 2 is 1.95 bits per heavy atom. The minimum atomic E-state index is -0.144. The Bertz CT molecular complexity index is 496. The summed E-state index contributed by atoms with van der Waals surface area (Å²) >= 11 is 0. The first-order valence-electron chi connectivity index (χ1n) is 7.78. The van der Waals surface area contributed by atoms with E-state index in [2.05, 4.69) is 15.2 Å². The van der Waals surface area contributed by atoms with Gasteiger partial charge in [-0.25, -0.2) is 0 Å². The van der Waals surface area contributed by atoms with E-state index in [0.717, 1.165) is 32.7 Å². The van der Waals surface area contributed by atoms with E-state index in [1.807, 2.05) is 18.7 Å². The van der Waals surface area contributed by atoms with Crippen LogP contribution in [-0.4, -0.2) is 65.9 Å². The van der Waals surface area contributed by atoms with Crippen LogP contribution in [0.4, 0.5) is 0 Å². The van der Waals surface area contributed by atoms with Gasteiger partial charge in [-0.05, 0) is 12.1 Å². The van der Waals surface area contributed by atoms with Crippen LogP contribution in [0.2, 0.25) is 0 Å². The molecule has 0 unspecified atom stereocenters. The molecule has 1 aromatic heterocycles. The van der Waals surface area contributed by atoms with Gasteiger partial charge in [0.2, 0.25) is 5.91 Å². The Morgan fingerprint density at radius 1 is 1.23 bits per heavy atom. The summed E-state index contributed by atoms with van der Waals surface area (Å²) in [7, 11) is 0. The predicted molar refractivity (Wildman–Crippen MR) is 84.4 cm³/mol. The van der Waals surface area contributed by atoms with E-state index in [1.165, 1.54) is 0 Å². The van der Waals surface area contributed by atoms with E-state index in [-0.39, 0.29) is 17.7 Å². The van der Waals surface area contributed by atoms with E-state index in [0.29, 0.717) is 12.2 Å². The lowest BCUT2D eigenvalue weighted by Gasteiger charge is -2.35. The van der Waals surface area contributed by atoms with Gasteiger partial charge in [0.05, 0.1) is 0 Å². The van der Waals surface area contributed by atoms with Gasteiger partial charge in [-0.15, -0.1) is 0 Å². The Labute approximate surface area is 131 Å². The number of amides is 2. The molecule has 0 atom stereocenters. The summed E-state index contributed by atoms with van der Waals surface area (Å²) in [5, 5.41) is 2.87. The molecule has 0 spiro atoms. The zero-order valence-electron chi connectivity index (χ0n) is 13.3. The molecule has 0 radical (unpaired) electrons. The van der Waals surface area contributed by atoms with Crippen molar-refractivity contribution in [3.05, 3.63) is 30.1 Å². The van der Waals surface area contributed by atoms with Crippen LogP contribution < -0.4 is 5.32 Å². The number of piperazine rings is 1. The van der Waals surface area contributed by atoms with Gasteiger partial charge >= 0.3 is 0 Å². The highest BCUT2D eigenvalue weighted by atomic mass is 16.2. The van der Waals surface area contributed by atoms with Gasteiger partial charge in [0.25, 0.3) is 5.91 Å². The molecule has 1 fully saturated rings. The molecule has 0 aromatic carbocycles. The third-order valence-corrected chi connectivity index (χ3v) is 3.79. The molecule has 1 saturated heterocycles. The number of aromatic nitrogens is 1. The number of nitrogens with one attached hydrogen (secondary N) is 1. The average Bonchev–Trinajstić information content (AvgIpc) is 2.55. The molecule has 2 rings (SSSR count). The maximum absolute atomic E-state index is 11.9. The van der Waals surface area contributed by atoms with Gasteiger partial charge in [0, 0.05) is 51.4 Å². The van der Waals surface area contributed by atoms with Gasteiger partial charge in [-0.1, -0.05) is 19.9 Å². The third-order valence-electron chi connectivity index (χ3n) is 3.79.